The number of benzene rings is 1. The highest BCUT2D eigenvalue weighted by molar-refractivity contribution is 5.85. The van der Waals surface area contributed by atoms with E-state index in [-0.39, 0.29) is 18.4 Å². The van der Waals surface area contributed by atoms with Gasteiger partial charge in [-0.15, -0.1) is 12.4 Å². The summed E-state index contributed by atoms with van der Waals surface area (Å²) in [4.78, 5) is 15.6. The number of aromatic nitrogens is 2. The van der Waals surface area contributed by atoms with Gasteiger partial charge in [0, 0.05) is 25.6 Å². The molecule has 0 amide bonds. The molecule has 6 heteroatoms. The molecular formula is C13H18ClN3O2. The van der Waals surface area contributed by atoms with Crippen molar-refractivity contribution in [3.05, 3.63) is 24.0 Å². The molecule has 0 aliphatic heterocycles. The van der Waals surface area contributed by atoms with Crippen LogP contribution in [0.2, 0.25) is 0 Å². The Morgan fingerprint density at radius 3 is 2.89 bits per heavy atom. The molecule has 0 atom stereocenters. The number of hydrogen-bond acceptors (Lipinski definition) is 4. The van der Waals surface area contributed by atoms with Crippen LogP contribution < -0.4 is 5.73 Å². The summed E-state index contributed by atoms with van der Waals surface area (Å²) in [5.41, 5.74) is 8.39. The van der Waals surface area contributed by atoms with Crippen LogP contribution >= 0.6 is 12.4 Å². The predicted molar refractivity (Wildman–Crippen MR) is 77.3 cm³/mol. The average molecular weight is 284 g/mol. The summed E-state index contributed by atoms with van der Waals surface area (Å²) in [6.45, 7) is 0. The lowest BCUT2D eigenvalue weighted by atomic mass is 10.2. The van der Waals surface area contributed by atoms with E-state index >= 15 is 0 Å². The van der Waals surface area contributed by atoms with Crippen molar-refractivity contribution in [1.29, 1.82) is 0 Å². The molecule has 19 heavy (non-hydrogen) atoms. The van der Waals surface area contributed by atoms with E-state index in [1.54, 1.807) is 0 Å². The maximum absolute atomic E-state index is 11.0. The van der Waals surface area contributed by atoms with Crippen LogP contribution in [0.15, 0.2) is 18.2 Å². The quantitative estimate of drug-likeness (QED) is 0.689. The van der Waals surface area contributed by atoms with Crippen LogP contribution in [0.3, 0.4) is 0 Å². The molecule has 0 bridgehead atoms. The highest BCUT2D eigenvalue weighted by Gasteiger charge is 2.08. The van der Waals surface area contributed by atoms with Gasteiger partial charge in [-0.25, -0.2) is 4.98 Å². The number of rotatable bonds is 4. The maximum Gasteiger partial charge on any atom is 0.305 e. The number of aryl methyl sites for hydroxylation is 2. The lowest BCUT2D eigenvalue weighted by molar-refractivity contribution is -0.140. The zero-order valence-corrected chi connectivity index (χ0v) is 11.9. The third-order valence-corrected chi connectivity index (χ3v) is 3.01. The topological polar surface area (TPSA) is 70.1 Å². The Kier molecular flexibility index (Phi) is 5.18. The summed E-state index contributed by atoms with van der Waals surface area (Å²) in [6.07, 6.45) is 1.90. The minimum atomic E-state index is -0.182. The number of halogens is 1. The van der Waals surface area contributed by atoms with E-state index in [9.17, 15) is 4.79 Å². The summed E-state index contributed by atoms with van der Waals surface area (Å²) >= 11 is 0. The van der Waals surface area contributed by atoms with Crippen LogP contribution in [0.4, 0.5) is 5.69 Å². The van der Waals surface area contributed by atoms with Crippen molar-refractivity contribution >= 4 is 35.1 Å². The standard InChI is InChI=1S/C13H17N3O2.ClH/c1-16-11-7-6-9(14)8-10(11)15-12(16)4-3-5-13(17)18-2;/h6-8H,3-5,14H2,1-2H3;1H. The average Bonchev–Trinajstić information content (AvgIpc) is 2.65. The molecule has 2 N–H and O–H groups in total. The summed E-state index contributed by atoms with van der Waals surface area (Å²) in [6, 6.07) is 5.68. The van der Waals surface area contributed by atoms with E-state index in [1.165, 1.54) is 7.11 Å². The highest BCUT2D eigenvalue weighted by atomic mass is 35.5. The first-order valence-electron chi connectivity index (χ1n) is 5.89. The molecule has 0 fully saturated rings. The molecule has 1 aromatic carbocycles. The Bertz CT molecular complexity index is 581. The first-order valence-corrected chi connectivity index (χ1v) is 5.89. The Labute approximate surface area is 118 Å². The number of ether oxygens (including phenoxy) is 1. The van der Waals surface area contributed by atoms with Gasteiger partial charge in [0.1, 0.15) is 5.82 Å². The molecule has 5 nitrogen and oxygen atoms in total. The Morgan fingerprint density at radius 2 is 2.21 bits per heavy atom. The minimum absolute atomic E-state index is 0. The van der Waals surface area contributed by atoms with Gasteiger partial charge in [0.2, 0.25) is 0 Å². The van der Waals surface area contributed by atoms with E-state index in [0.717, 1.165) is 29.7 Å². The van der Waals surface area contributed by atoms with Crippen molar-refractivity contribution in [2.24, 2.45) is 7.05 Å². The smallest absolute Gasteiger partial charge is 0.305 e. The fourth-order valence-corrected chi connectivity index (χ4v) is 1.98. The van der Waals surface area contributed by atoms with Gasteiger partial charge in [0.15, 0.2) is 0 Å². The van der Waals surface area contributed by atoms with Crippen molar-refractivity contribution in [2.45, 2.75) is 19.3 Å². The van der Waals surface area contributed by atoms with Crippen LogP contribution in [0.1, 0.15) is 18.7 Å². The van der Waals surface area contributed by atoms with E-state index in [0.29, 0.717) is 12.1 Å². The lowest BCUT2D eigenvalue weighted by Gasteiger charge is -2.02. The number of nitrogens with two attached hydrogens (primary N) is 1. The number of esters is 1. The summed E-state index contributed by atoms with van der Waals surface area (Å²) in [5.74, 6) is 0.775. The zero-order chi connectivity index (χ0) is 13.1. The van der Waals surface area contributed by atoms with Gasteiger partial charge in [-0.3, -0.25) is 4.79 Å². The molecule has 0 aliphatic carbocycles. The van der Waals surface area contributed by atoms with Crippen molar-refractivity contribution in [1.82, 2.24) is 9.55 Å². The molecule has 0 spiro atoms. The van der Waals surface area contributed by atoms with Gasteiger partial charge in [0.25, 0.3) is 0 Å². The maximum atomic E-state index is 11.0. The molecule has 0 aliphatic rings. The molecule has 104 valence electrons. The van der Waals surface area contributed by atoms with Gasteiger partial charge in [-0.1, -0.05) is 0 Å². The van der Waals surface area contributed by atoms with Gasteiger partial charge in [-0.05, 0) is 24.6 Å². The molecular weight excluding hydrogens is 266 g/mol. The molecule has 1 aromatic heterocycles. The number of imidazole rings is 1. The SMILES string of the molecule is COC(=O)CCCc1nc2cc(N)ccc2n1C.Cl. The van der Waals surface area contributed by atoms with Crippen molar-refractivity contribution in [3.63, 3.8) is 0 Å². The molecule has 0 radical (unpaired) electrons. The molecule has 0 unspecified atom stereocenters. The monoisotopic (exact) mass is 283 g/mol. The van der Waals surface area contributed by atoms with Gasteiger partial charge in [-0.2, -0.15) is 0 Å². The number of hydrogen-bond donors (Lipinski definition) is 1. The third kappa shape index (κ3) is 3.38. The first-order chi connectivity index (χ1) is 8.61. The number of carbonyl (C=O) groups is 1. The molecule has 0 saturated carbocycles. The normalized spacial score (nSPS) is 10.2. The van der Waals surface area contributed by atoms with Crippen molar-refractivity contribution in [2.75, 3.05) is 12.8 Å². The van der Waals surface area contributed by atoms with E-state index in [2.05, 4.69) is 9.72 Å². The number of carbonyl (C=O) groups excluding carboxylic acids is 1. The minimum Gasteiger partial charge on any atom is -0.469 e. The zero-order valence-electron chi connectivity index (χ0n) is 11.0. The second-order valence-corrected chi connectivity index (χ2v) is 4.26. The Balaban J connectivity index is 0.00000180. The summed E-state index contributed by atoms with van der Waals surface area (Å²) in [5, 5.41) is 0. The fourth-order valence-electron chi connectivity index (χ4n) is 1.98. The number of anilines is 1. The van der Waals surface area contributed by atoms with Crippen LogP contribution in [0, 0.1) is 0 Å². The first kappa shape index (κ1) is 15.3. The third-order valence-electron chi connectivity index (χ3n) is 3.01. The number of nitrogens with zero attached hydrogens (tertiary/aromatic N) is 2. The largest absolute Gasteiger partial charge is 0.469 e. The van der Waals surface area contributed by atoms with E-state index < -0.39 is 0 Å². The molecule has 0 saturated heterocycles. The van der Waals surface area contributed by atoms with Crippen LogP contribution in [0.5, 0.6) is 0 Å². The summed E-state index contributed by atoms with van der Waals surface area (Å²) in [7, 11) is 3.37. The Morgan fingerprint density at radius 1 is 1.47 bits per heavy atom. The van der Waals surface area contributed by atoms with Gasteiger partial charge >= 0.3 is 5.97 Å². The summed E-state index contributed by atoms with van der Waals surface area (Å²) < 4.78 is 6.64. The van der Waals surface area contributed by atoms with Crippen LogP contribution in [-0.2, 0) is 23.0 Å². The number of fused-ring (bicyclic) bond motifs is 1. The molecule has 2 aromatic rings. The van der Waals surface area contributed by atoms with Gasteiger partial charge in [0.05, 0.1) is 18.1 Å². The van der Waals surface area contributed by atoms with Crippen LogP contribution in [0.25, 0.3) is 11.0 Å². The second kappa shape index (κ2) is 6.43. The number of methoxy groups -OCH3 is 1. The van der Waals surface area contributed by atoms with E-state index in [1.807, 2.05) is 29.8 Å². The number of nitrogen functional groups attached to an aromatic ring is 1. The Hall–Kier alpha value is -1.75. The van der Waals surface area contributed by atoms with E-state index in [4.69, 9.17) is 5.73 Å². The predicted octanol–water partition coefficient (Wildman–Crippen LogP) is 2.07. The molecule has 2 rings (SSSR count). The molecule has 1 heterocycles. The fraction of sp³-hybridized carbons (Fsp3) is 0.385. The van der Waals surface area contributed by atoms with Gasteiger partial charge < -0.3 is 15.0 Å². The van der Waals surface area contributed by atoms with Crippen LogP contribution in [-0.4, -0.2) is 22.6 Å². The second-order valence-electron chi connectivity index (χ2n) is 4.26. The van der Waals surface area contributed by atoms with Crippen molar-refractivity contribution < 1.29 is 9.53 Å². The highest BCUT2D eigenvalue weighted by Crippen LogP contribution is 2.18. The van der Waals surface area contributed by atoms with Crippen molar-refractivity contribution in [3.8, 4) is 0 Å². The lowest BCUT2D eigenvalue weighted by Crippen LogP contribution is -2.03.